The van der Waals surface area contributed by atoms with Crippen molar-refractivity contribution in [1.29, 1.82) is 0 Å². The van der Waals surface area contributed by atoms with Gasteiger partial charge in [0.25, 0.3) is 0 Å². The van der Waals surface area contributed by atoms with Crippen molar-refractivity contribution in [3.8, 4) is 0 Å². The Morgan fingerprint density at radius 3 is 2.77 bits per heavy atom. The molecule has 0 spiro atoms. The number of hydrogen-bond donors (Lipinski definition) is 0. The normalized spacial score (nSPS) is 11.3. The van der Waals surface area contributed by atoms with Crippen molar-refractivity contribution in [1.82, 2.24) is 0 Å². The van der Waals surface area contributed by atoms with Crippen LogP contribution in [0.25, 0.3) is 0 Å². The molecule has 0 aliphatic heterocycles. The minimum atomic E-state index is -0.421. The van der Waals surface area contributed by atoms with E-state index in [4.69, 9.17) is 4.74 Å². The maximum absolute atomic E-state index is 11.3. The quantitative estimate of drug-likeness (QED) is 0.697. The summed E-state index contributed by atoms with van der Waals surface area (Å²) < 4.78 is 4.73. The molecule has 72 valence electrons. The van der Waals surface area contributed by atoms with Crippen LogP contribution in [0, 0.1) is 5.41 Å². The van der Waals surface area contributed by atoms with Crippen molar-refractivity contribution < 1.29 is 9.53 Å². The van der Waals surface area contributed by atoms with E-state index < -0.39 is 5.41 Å². The standard InChI is InChI=1S/C10H14O2S/c1-10(2,9(11)12-3)6-8-4-5-13-7-8/h4-5,7H,6H2,1-3H3. The van der Waals surface area contributed by atoms with Crippen molar-refractivity contribution in [2.45, 2.75) is 20.3 Å². The second-order valence-corrected chi connectivity index (χ2v) is 4.46. The van der Waals surface area contributed by atoms with E-state index >= 15 is 0 Å². The van der Waals surface area contributed by atoms with E-state index in [2.05, 4.69) is 5.38 Å². The van der Waals surface area contributed by atoms with Gasteiger partial charge < -0.3 is 4.74 Å². The third-order valence-corrected chi connectivity index (χ3v) is 2.70. The average molecular weight is 198 g/mol. The summed E-state index contributed by atoms with van der Waals surface area (Å²) in [5.41, 5.74) is 0.774. The van der Waals surface area contributed by atoms with Crippen LogP contribution in [-0.4, -0.2) is 13.1 Å². The number of esters is 1. The first-order valence-electron chi connectivity index (χ1n) is 4.16. The summed E-state index contributed by atoms with van der Waals surface area (Å²) in [5.74, 6) is -0.154. The van der Waals surface area contributed by atoms with Crippen LogP contribution < -0.4 is 0 Å². The predicted molar refractivity (Wildman–Crippen MR) is 53.8 cm³/mol. The number of carbonyl (C=O) groups is 1. The SMILES string of the molecule is COC(=O)C(C)(C)Cc1ccsc1. The topological polar surface area (TPSA) is 26.3 Å². The predicted octanol–water partition coefficient (Wildman–Crippen LogP) is 2.49. The summed E-state index contributed by atoms with van der Waals surface area (Å²) in [6.07, 6.45) is 0.739. The lowest BCUT2D eigenvalue weighted by molar-refractivity contribution is -0.150. The summed E-state index contributed by atoms with van der Waals surface area (Å²) in [6.45, 7) is 3.80. The van der Waals surface area contributed by atoms with Gasteiger partial charge in [0.1, 0.15) is 0 Å². The molecule has 1 aromatic rings. The van der Waals surface area contributed by atoms with Crippen LogP contribution in [0.2, 0.25) is 0 Å². The lowest BCUT2D eigenvalue weighted by atomic mass is 9.87. The van der Waals surface area contributed by atoms with Crippen molar-refractivity contribution in [2.75, 3.05) is 7.11 Å². The lowest BCUT2D eigenvalue weighted by Gasteiger charge is -2.20. The van der Waals surface area contributed by atoms with Gasteiger partial charge in [-0.15, -0.1) is 0 Å². The van der Waals surface area contributed by atoms with Gasteiger partial charge in [-0.1, -0.05) is 0 Å². The van der Waals surface area contributed by atoms with Gasteiger partial charge >= 0.3 is 5.97 Å². The third kappa shape index (κ3) is 2.56. The van der Waals surface area contributed by atoms with Crippen molar-refractivity contribution in [3.05, 3.63) is 22.4 Å². The van der Waals surface area contributed by atoms with Crippen LogP contribution in [0.15, 0.2) is 16.8 Å². The number of carbonyl (C=O) groups excluding carboxylic acids is 1. The molecule has 0 saturated heterocycles. The minimum Gasteiger partial charge on any atom is -0.469 e. The Bertz CT molecular complexity index is 275. The molecule has 1 rings (SSSR count). The van der Waals surface area contributed by atoms with E-state index in [9.17, 15) is 4.79 Å². The van der Waals surface area contributed by atoms with Gasteiger partial charge in [-0.25, -0.2) is 0 Å². The molecule has 0 aliphatic carbocycles. The van der Waals surface area contributed by atoms with Crippen LogP contribution in [0.4, 0.5) is 0 Å². The molecule has 0 N–H and O–H groups in total. The van der Waals surface area contributed by atoms with Crippen LogP contribution in [0.5, 0.6) is 0 Å². The average Bonchev–Trinajstić information content (AvgIpc) is 2.54. The first-order valence-corrected chi connectivity index (χ1v) is 5.10. The molecular formula is C10H14O2S. The number of thiophene rings is 1. The highest BCUT2D eigenvalue weighted by atomic mass is 32.1. The highest BCUT2D eigenvalue weighted by Gasteiger charge is 2.28. The molecule has 0 amide bonds. The molecule has 1 aromatic heterocycles. The Hall–Kier alpha value is -0.830. The van der Waals surface area contributed by atoms with E-state index in [0.717, 1.165) is 6.42 Å². The Balaban J connectivity index is 2.67. The van der Waals surface area contributed by atoms with E-state index in [0.29, 0.717) is 0 Å². The van der Waals surface area contributed by atoms with E-state index in [1.165, 1.54) is 12.7 Å². The van der Waals surface area contributed by atoms with Gasteiger partial charge in [-0.3, -0.25) is 4.79 Å². The Kier molecular flexibility index (Phi) is 3.09. The zero-order valence-electron chi connectivity index (χ0n) is 8.16. The molecule has 2 nitrogen and oxygen atoms in total. The van der Waals surface area contributed by atoms with Crippen LogP contribution >= 0.6 is 11.3 Å². The Morgan fingerprint density at radius 1 is 1.62 bits per heavy atom. The molecule has 0 saturated carbocycles. The molecular weight excluding hydrogens is 184 g/mol. The molecule has 0 aromatic carbocycles. The number of hydrogen-bond acceptors (Lipinski definition) is 3. The number of methoxy groups -OCH3 is 1. The molecule has 0 radical (unpaired) electrons. The maximum atomic E-state index is 11.3. The molecule has 13 heavy (non-hydrogen) atoms. The zero-order chi connectivity index (χ0) is 9.90. The third-order valence-electron chi connectivity index (χ3n) is 1.96. The Morgan fingerprint density at radius 2 is 2.31 bits per heavy atom. The van der Waals surface area contributed by atoms with Crippen LogP contribution in [0.1, 0.15) is 19.4 Å². The summed E-state index contributed by atoms with van der Waals surface area (Å²) in [7, 11) is 1.43. The summed E-state index contributed by atoms with van der Waals surface area (Å²) in [6, 6.07) is 2.04. The van der Waals surface area contributed by atoms with Gasteiger partial charge in [0.15, 0.2) is 0 Å². The highest BCUT2D eigenvalue weighted by molar-refractivity contribution is 7.07. The first-order chi connectivity index (χ1) is 6.06. The molecule has 0 fully saturated rings. The minimum absolute atomic E-state index is 0.154. The fraction of sp³-hybridized carbons (Fsp3) is 0.500. The highest BCUT2D eigenvalue weighted by Crippen LogP contribution is 2.24. The first kappa shape index (κ1) is 10.3. The van der Waals surface area contributed by atoms with Gasteiger partial charge in [0, 0.05) is 0 Å². The largest absolute Gasteiger partial charge is 0.469 e. The smallest absolute Gasteiger partial charge is 0.311 e. The fourth-order valence-corrected chi connectivity index (χ4v) is 1.92. The van der Waals surface area contributed by atoms with Crippen LogP contribution in [-0.2, 0) is 16.0 Å². The lowest BCUT2D eigenvalue weighted by Crippen LogP contribution is -2.27. The van der Waals surface area contributed by atoms with Crippen LogP contribution in [0.3, 0.4) is 0 Å². The summed E-state index contributed by atoms with van der Waals surface area (Å²) in [4.78, 5) is 11.3. The monoisotopic (exact) mass is 198 g/mol. The molecule has 0 unspecified atom stereocenters. The fourth-order valence-electron chi connectivity index (χ4n) is 1.25. The maximum Gasteiger partial charge on any atom is 0.311 e. The van der Waals surface area contributed by atoms with Gasteiger partial charge in [0.05, 0.1) is 12.5 Å². The van der Waals surface area contributed by atoms with Gasteiger partial charge in [-0.05, 0) is 42.7 Å². The molecule has 0 atom stereocenters. The van der Waals surface area contributed by atoms with E-state index in [-0.39, 0.29) is 5.97 Å². The van der Waals surface area contributed by atoms with E-state index in [1.54, 1.807) is 11.3 Å². The van der Waals surface area contributed by atoms with Gasteiger partial charge in [0.2, 0.25) is 0 Å². The van der Waals surface area contributed by atoms with Crippen molar-refractivity contribution in [2.24, 2.45) is 5.41 Å². The van der Waals surface area contributed by atoms with E-state index in [1.807, 2.05) is 25.3 Å². The summed E-state index contributed by atoms with van der Waals surface area (Å²) >= 11 is 1.65. The number of rotatable bonds is 3. The second-order valence-electron chi connectivity index (χ2n) is 3.68. The molecule has 0 aliphatic rings. The zero-order valence-corrected chi connectivity index (χ0v) is 8.98. The number of ether oxygens (including phenoxy) is 1. The second kappa shape index (κ2) is 3.92. The molecule has 0 bridgehead atoms. The molecule has 3 heteroatoms. The Labute approximate surface area is 82.5 Å². The molecule has 1 heterocycles. The van der Waals surface area contributed by atoms with Gasteiger partial charge in [-0.2, -0.15) is 11.3 Å². The van der Waals surface area contributed by atoms with Crippen molar-refractivity contribution >= 4 is 17.3 Å². The van der Waals surface area contributed by atoms with Crippen molar-refractivity contribution in [3.63, 3.8) is 0 Å². The summed E-state index contributed by atoms with van der Waals surface area (Å²) in [5, 5.41) is 4.08.